The first kappa shape index (κ1) is 20.3. The Kier molecular flexibility index (Phi) is 6.88. The molecule has 1 aliphatic heterocycles. The highest BCUT2D eigenvalue weighted by Gasteiger charge is 2.30. The molecule has 1 amide bonds. The van der Waals surface area contributed by atoms with Crippen molar-refractivity contribution in [3.63, 3.8) is 0 Å². The van der Waals surface area contributed by atoms with Crippen molar-refractivity contribution in [3.05, 3.63) is 22.7 Å². The summed E-state index contributed by atoms with van der Waals surface area (Å²) in [5.74, 6) is 1.68. The van der Waals surface area contributed by atoms with E-state index in [1.165, 1.54) is 38.8 Å². The lowest BCUT2D eigenvalue weighted by molar-refractivity contribution is 0.0865. The van der Waals surface area contributed by atoms with Crippen molar-refractivity contribution in [1.82, 2.24) is 10.2 Å². The molecular formula is C21H32ClN3O2. The lowest BCUT2D eigenvalue weighted by Crippen LogP contribution is -2.47. The Morgan fingerprint density at radius 2 is 1.96 bits per heavy atom. The number of piperidine rings is 1. The summed E-state index contributed by atoms with van der Waals surface area (Å²) in [6.45, 7) is 5.78. The summed E-state index contributed by atoms with van der Waals surface area (Å²) >= 11 is 6.13. The molecule has 2 atom stereocenters. The normalized spacial score (nSPS) is 24.6. The minimum atomic E-state index is -0.127. The van der Waals surface area contributed by atoms with Gasteiger partial charge in [-0.25, -0.2) is 0 Å². The number of carbonyl (C=O) groups is 1. The zero-order valence-electron chi connectivity index (χ0n) is 16.5. The third kappa shape index (κ3) is 5.08. The third-order valence-electron chi connectivity index (χ3n) is 6.16. The van der Waals surface area contributed by atoms with Gasteiger partial charge in [-0.15, -0.1) is 0 Å². The molecule has 5 nitrogen and oxygen atoms in total. The van der Waals surface area contributed by atoms with Gasteiger partial charge in [-0.05, 0) is 56.7 Å². The molecule has 1 aromatic carbocycles. The molecule has 6 heteroatoms. The van der Waals surface area contributed by atoms with Crippen molar-refractivity contribution in [3.8, 4) is 5.75 Å². The smallest absolute Gasteiger partial charge is 0.255 e. The van der Waals surface area contributed by atoms with E-state index in [-0.39, 0.29) is 11.9 Å². The summed E-state index contributed by atoms with van der Waals surface area (Å²) in [6, 6.07) is 3.42. The number of halogens is 1. The van der Waals surface area contributed by atoms with Gasteiger partial charge in [0.05, 0.1) is 23.4 Å². The minimum Gasteiger partial charge on any atom is -0.496 e. The van der Waals surface area contributed by atoms with Crippen LogP contribution >= 0.6 is 11.6 Å². The van der Waals surface area contributed by atoms with Crippen LogP contribution in [0.4, 0.5) is 5.69 Å². The number of nitrogens with one attached hydrogen (secondary N) is 1. The van der Waals surface area contributed by atoms with E-state index in [1.54, 1.807) is 19.2 Å². The van der Waals surface area contributed by atoms with Crippen molar-refractivity contribution in [2.75, 3.05) is 32.5 Å². The van der Waals surface area contributed by atoms with Crippen LogP contribution in [0.5, 0.6) is 5.75 Å². The number of likely N-dealkylation sites (tertiary alicyclic amines) is 1. The van der Waals surface area contributed by atoms with Crippen molar-refractivity contribution < 1.29 is 9.53 Å². The Morgan fingerprint density at radius 1 is 1.26 bits per heavy atom. The lowest BCUT2D eigenvalue weighted by atomic mass is 9.83. The number of amides is 1. The van der Waals surface area contributed by atoms with E-state index >= 15 is 0 Å². The summed E-state index contributed by atoms with van der Waals surface area (Å²) in [5, 5.41) is 3.64. The van der Waals surface area contributed by atoms with Crippen LogP contribution in [0.3, 0.4) is 0 Å². The second-order valence-corrected chi connectivity index (χ2v) is 8.59. The number of methoxy groups -OCH3 is 1. The van der Waals surface area contributed by atoms with Gasteiger partial charge in [0, 0.05) is 18.7 Å². The maximum atomic E-state index is 12.9. The van der Waals surface area contributed by atoms with Gasteiger partial charge in [-0.1, -0.05) is 31.4 Å². The lowest BCUT2D eigenvalue weighted by Gasteiger charge is -2.38. The third-order valence-corrected chi connectivity index (χ3v) is 6.49. The molecule has 0 bridgehead atoms. The number of nitrogens with zero attached hydrogens (tertiary/aromatic N) is 1. The molecule has 1 saturated heterocycles. The van der Waals surface area contributed by atoms with Crippen molar-refractivity contribution in [1.29, 1.82) is 0 Å². The van der Waals surface area contributed by atoms with Crippen LogP contribution in [0.1, 0.15) is 55.8 Å². The monoisotopic (exact) mass is 393 g/mol. The molecular weight excluding hydrogens is 362 g/mol. The number of nitrogens with two attached hydrogens (primary N) is 1. The largest absolute Gasteiger partial charge is 0.496 e. The van der Waals surface area contributed by atoms with E-state index in [0.29, 0.717) is 27.9 Å². The number of hydrogen-bond donors (Lipinski definition) is 2. The van der Waals surface area contributed by atoms with Crippen LogP contribution in [-0.2, 0) is 0 Å². The average Bonchev–Trinajstić information content (AvgIpc) is 2.66. The highest BCUT2D eigenvalue weighted by atomic mass is 35.5. The highest BCUT2D eigenvalue weighted by Crippen LogP contribution is 2.31. The SMILES string of the molecule is COc1cc(N)c(Cl)cc1C(=O)NC1CCCCC1CN1CCC(C)CC1. The van der Waals surface area contributed by atoms with Gasteiger partial charge in [0.15, 0.2) is 0 Å². The molecule has 3 N–H and O–H groups in total. The predicted octanol–water partition coefficient (Wildman–Crippen LogP) is 3.95. The second kappa shape index (κ2) is 9.16. The first-order valence-electron chi connectivity index (χ1n) is 10.1. The molecule has 150 valence electrons. The van der Waals surface area contributed by atoms with Gasteiger partial charge in [-0.3, -0.25) is 4.79 Å². The summed E-state index contributed by atoms with van der Waals surface area (Å²) in [6.07, 6.45) is 7.19. The summed E-state index contributed by atoms with van der Waals surface area (Å²) in [4.78, 5) is 15.5. The van der Waals surface area contributed by atoms with Crippen LogP contribution in [0.2, 0.25) is 5.02 Å². The van der Waals surface area contributed by atoms with Crippen LogP contribution in [-0.4, -0.2) is 43.6 Å². The number of benzene rings is 1. The van der Waals surface area contributed by atoms with Crippen molar-refractivity contribution in [2.24, 2.45) is 11.8 Å². The fraction of sp³-hybridized carbons (Fsp3) is 0.667. The van der Waals surface area contributed by atoms with E-state index < -0.39 is 0 Å². The zero-order valence-corrected chi connectivity index (χ0v) is 17.2. The fourth-order valence-electron chi connectivity index (χ4n) is 4.35. The van der Waals surface area contributed by atoms with Gasteiger partial charge in [0.1, 0.15) is 5.75 Å². The molecule has 0 spiro atoms. The number of anilines is 1. The topological polar surface area (TPSA) is 67.6 Å². The molecule has 1 heterocycles. The van der Waals surface area contributed by atoms with E-state index in [0.717, 1.165) is 25.3 Å². The van der Waals surface area contributed by atoms with Crippen LogP contribution in [0.15, 0.2) is 12.1 Å². The Labute approximate surface area is 167 Å². The molecule has 1 aromatic rings. The summed E-state index contributed by atoms with van der Waals surface area (Å²) in [7, 11) is 1.54. The fourth-order valence-corrected chi connectivity index (χ4v) is 4.52. The Morgan fingerprint density at radius 3 is 2.67 bits per heavy atom. The second-order valence-electron chi connectivity index (χ2n) is 8.18. The quantitative estimate of drug-likeness (QED) is 0.743. The molecule has 2 aliphatic rings. The first-order chi connectivity index (χ1) is 13.0. The van der Waals surface area contributed by atoms with E-state index in [9.17, 15) is 4.79 Å². The van der Waals surface area contributed by atoms with E-state index in [1.807, 2.05) is 0 Å². The van der Waals surface area contributed by atoms with Gasteiger partial charge >= 0.3 is 0 Å². The predicted molar refractivity (Wildman–Crippen MR) is 110 cm³/mol. The van der Waals surface area contributed by atoms with Gasteiger partial charge in [0.2, 0.25) is 0 Å². The van der Waals surface area contributed by atoms with Crippen LogP contribution in [0.25, 0.3) is 0 Å². The molecule has 0 radical (unpaired) electrons. The number of rotatable bonds is 5. The zero-order chi connectivity index (χ0) is 19.4. The molecule has 0 aromatic heterocycles. The summed E-state index contributed by atoms with van der Waals surface area (Å²) in [5.41, 5.74) is 6.70. The first-order valence-corrected chi connectivity index (χ1v) is 10.5. The van der Waals surface area contributed by atoms with E-state index in [2.05, 4.69) is 17.1 Å². The molecule has 1 saturated carbocycles. The van der Waals surface area contributed by atoms with Gasteiger partial charge < -0.3 is 20.7 Å². The number of carbonyl (C=O) groups excluding carboxylic acids is 1. The summed E-state index contributed by atoms with van der Waals surface area (Å²) < 4.78 is 5.34. The number of hydrogen-bond acceptors (Lipinski definition) is 4. The van der Waals surface area contributed by atoms with Crippen molar-refractivity contribution in [2.45, 2.75) is 51.5 Å². The van der Waals surface area contributed by atoms with Crippen LogP contribution in [0, 0.1) is 11.8 Å². The maximum absolute atomic E-state index is 12.9. The average molecular weight is 394 g/mol. The molecule has 3 rings (SSSR count). The number of nitrogen functional groups attached to an aromatic ring is 1. The molecule has 2 unspecified atom stereocenters. The molecule has 27 heavy (non-hydrogen) atoms. The minimum absolute atomic E-state index is 0.127. The van der Waals surface area contributed by atoms with Gasteiger partial charge in [-0.2, -0.15) is 0 Å². The molecule has 2 fully saturated rings. The van der Waals surface area contributed by atoms with Gasteiger partial charge in [0.25, 0.3) is 5.91 Å². The maximum Gasteiger partial charge on any atom is 0.255 e. The van der Waals surface area contributed by atoms with E-state index in [4.69, 9.17) is 22.1 Å². The standard InChI is InChI=1S/C21H32ClN3O2/c1-14-7-9-25(10-8-14)13-15-5-3-4-6-19(15)24-21(26)16-11-17(22)18(23)12-20(16)27-2/h11-12,14-15,19H,3-10,13,23H2,1-2H3,(H,24,26). The molecule has 1 aliphatic carbocycles. The Bertz CT molecular complexity index is 659. The number of ether oxygens (including phenoxy) is 1. The van der Waals surface area contributed by atoms with Crippen LogP contribution < -0.4 is 15.8 Å². The highest BCUT2D eigenvalue weighted by molar-refractivity contribution is 6.33. The van der Waals surface area contributed by atoms with Crippen molar-refractivity contribution >= 4 is 23.2 Å². The Hall–Kier alpha value is -1.46. The Balaban J connectivity index is 1.67.